The fraction of sp³-hybridized carbons (Fsp3) is 0.917. The molecule has 1 aliphatic heterocycles. The second-order valence-corrected chi connectivity index (χ2v) is 7.45. The van der Waals surface area contributed by atoms with Gasteiger partial charge in [0.1, 0.15) is 0 Å². The standard InChI is InChI=1S/C12H25N3O3S/c1-11(2)4-5-13-12(16)10-14-6-8-15(9-7-14)19(3,17)18/h11H,4-10H2,1-3H3,(H,13,16). The highest BCUT2D eigenvalue weighted by Gasteiger charge is 2.24. The van der Waals surface area contributed by atoms with Crippen LogP contribution < -0.4 is 5.32 Å². The minimum atomic E-state index is -3.10. The Morgan fingerprint density at radius 1 is 1.21 bits per heavy atom. The van der Waals surface area contributed by atoms with Gasteiger partial charge in [-0.2, -0.15) is 4.31 Å². The van der Waals surface area contributed by atoms with Crippen LogP contribution in [0.2, 0.25) is 0 Å². The number of nitrogens with zero attached hydrogens (tertiary/aromatic N) is 2. The minimum absolute atomic E-state index is 0.0217. The first-order valence-electron chi connectivity index (χ1n) is 6.73. The number of amides is 1. The molecule has 1 rings (SSSR count). The summed E-state index contributed by atoms with van der Waals surface area (Å²) in [5, 5.41) is 2.89. The molecule has 112 valence electrons. The van der Waals surface area contributed by atoms with E-state index in [2.05, 4.69) is 19.2 Å². The van der Waals surface area contributed by atoms with E-state index in [0.717, 1.165) is 6.42 Å². The average molecular weight is 291 g/mol. The van der Waals surface area contributed by atoms with Crippen LogP contribution in [0.5, 0.6) is 0 Å². The summed E-state index contributed by atoms with van der Waals surface area (Å²) in [7, 11) is -3.10. The van der Waals surface area contributed by atoms with Gasteiger partial charge in [0.05, 0.1) is 12.8 Å². The summed E-state index contributed by atoms with van der Waals surface area (Å²) in [6.45, 7) is 7.48. The van der Waals surface area contributed by atoms with Crippen LogP contribution in [0.25, 0.3) is 0 Å². The number of rotatable bonds is 6. The summed E-state index contributed by atoms with van der Waals surface area (Å²) in [6, 6.07) is 0. The number of sulfonamides is 1. The van der Waals surface area contributed by atoms with Gasteiger partial charge in [-0.15, -0.1) is 0 Å². The summed E-state index contributed by atoms with van der Waals surface area (Å²) in [6.07, 6.45) is 2.20. The fourth-order valence-electron chi connectivity index (χ4n) is 1.98. The van der Waals surface area contributed by atoms with Gasteiger partial charge in [0.25, 0.3) is 0 Å². The molecule has 0 saturated carbocycles. The molecule has 0 aromatic heterocycles. The molecule has 0 aliphatic carbocycles. The zero-order valence-corrected chi connectivity index (χ0v) is 12.9. The third-order valence-corrected chi connectivity index (χ3v) is 4.51. The predicted octanol–water partition coefficient (Wildman–Crippen LogP) is -0.274. The first-order chi connectivity index (χ1) is 8.79. The molecule has 1 heterocycles. The van der Waals surface area contributed by atoms with Gasteiger partial charge in [-0.3, -0.25) is 9.69 Å². The maximum Gasteiger partial charge on any atom is 0.234 e. The molecule has 7 heteroatoms. The van der Waals surface area contributed by atoms with E-state index in [4.69, 9.17) is 0 Å². The number of hydrogen-bond acceptors (Lipinski definition) is 4. The molecule has 1 aliphatic rings. The molecule has 0 radical (unpaired) electrons. The first-order valence-corrected chi connectivity index (χ1v) is 8.58. The molecule has 1 fully saturated rings. The van der Waals surface area contributed by atoms with Gasteiger partial charge in [0.15, 0.2) is 0 Å². The molecule has 0 atom stereocenters. The van der Waals surface area contributed by atoms with Crippen molar-refractivity contribution >= 4 is 15.9 Å². The van der Waals surface area contributed by atoms with Crippen LogP contribution in [-0.2, 0) is 14.8 Å². The molecule has 19 heavy (non-hydrogen) atoms. The Hall–Kier alpha value is -0.660. The topological polar surface area (TPSA) is 69.7 Å². The van der Waals surface area contributed by atoms with E-state index in [1.54, 1.807) is 0 Å². The summed E-state index contributed by atoms with van der Waals surface area (Å²) in [5.74, 6) is 0.604. The lowest BCUT2D eigenvalue weighted by atomic mass is 10.1. The second kappa shape index (κ2) is 7.21. The number of hydrogen-bond donors (Lipinski definition) is 1. The Kier molecular flexibility index (Phi) is 6.22. The molecule has 0 bridgehead atoms. The highest BCUT2D eigenvalue weighted by molar-refractivity contribution is 7.88. The Bertz CT molecular complexity index is 387. The third-order valence-electron chi connectivity index (χ3n) is 3.21. The van der Waals surface area contributed by atoms with E-state index in [1.807, 2.05) is 4.90 Å². The van der Waals surface area contributed by atoms with Crippen LogP contribution in [0.1, 0.15) is 20.3 Å². The SMILES string of the molecule is CC(C)CCNC(=O)CN1CCN(S(C)(=O)=O)CC1. The van der Waals surface area contributed by atoms with Crippen LogP contribution >= 0.6 is 0 Å². The van der Waals surface area contributed by atoms with Gasteiger partial charge in [-0.1, -0.05) is 13.8 Å². The van der Waals surface area contributed by atoms with E-state index < -0.39 is 10.0 Å². The number of carbonyl (C=O) groups is 1. The highest BCUT2D eigenvalue weighted by atomic mass is 32.2. The molecule has 1 saturated heterocycles. The van der Waals surface area contributed by atoms with Crippen molar-refractivity contribution < 1.29 is 13.2 Å². The lowest BCUT2D eigenvalue weighted by Gasteiger charge is -2.32. The summed E-state index contributed by atoms with van der Waals surface area (Å²) >= 11 is 0. The maximum atomic E-state index is 11.7. The smallest absolute Gasteiger partial charge is 0.234 e. The van der Waals surface area contributed by atoms with Crippen LogP contribution in [0.4, 0.5) is 0 Å². The molecule has 0 unspecified atom stereocenters. The lowest BCUT2D eigenvalue weighted by Crippen LogP contribution is -2.50. The van der Waals surface area contributed by atoms with Gasteiger partial charge in [0.2, 0.25) is 15.9 Å². The van der Waals surface area contributed by atoms with Gasteiger partial charge in [-0.25, -0.2) is 8.42 Å². The van der Waals surface area contributed by atoms with Crippen molar-refractivity contribution in [3.8, 4) is 0 Å². The zero-order chi connectivity index (χ0) is 14.5. The van der Waals surface area contributed by atoms with Crippen molar-refractivity contribution in [2.45, 2.75) is 20.3 Å². The van der Waals surface area contributed by atoms with Gasteiger partial charge >= 0.3 is 0 Å². The molecule has 1 N–H and O–H groups in total. The van der Waals surface area contributed by atoms with Crippen LogP contribution in [0, 0.1) is 5.92 Å². The van der Waals surface area contributed by atoms with Crippen molar-refractivity contribution in [3.63, 3.8) is 0 Å². The average Bonchev–Trinajstić information content (AvgIpc) is 2.27. The fourth-order valence-corrected chi connectivity index (χ4v) is 2.81. The normalized spacial score (nSPS) is 18.7. The van der Waals surface area contributed by atoms with Gasteiger partial charge < -0.3 is 5.32 Å². The van der Waals surface area contributed by atoms with Gasteiger partial charge in [-0.05, 0) is 12.3 Å². The molecule has 6 nitrogen and oxygen atoms in total. The van der Waals surface area contributed by atoms with E-state index in [1.165, 1.54) is 10.6 Å². The van der Waals surface area contributed by atoms with Crippen LogP contribution in [-0.4, -0.2) is 69.1 Å². The Morgan fingerprint density at radius 2 is 1.79 bits per heavy atom. The zero-order valence-electron chi connectivity index (χ0n) is 12.1. The van der Waals surface area contributed by atoms with Crippen molar-refractivity contribution in [1.82, 2.24) is 14.5 Å². The van der Waals surface area contributed by atoms with E-state index in [-0.39, 0.29) is 5.91 Å². The highest BCUT2D eigenvalue weighted by Crippen LogP contribution is 2.05. The van der Waals surface area contributed by atoms with E-state index in [0.29, 0.717) is 45.2 Å². The Balaban J connectivity index is 2.24. The number of piperazine rings is 1. The molecule has 0 aromatic rings. The van der Waals surface area contributed by atoms with Crippen LogP contribution in [0.15, 0.2) is 0 Å². The molecule has 1 amide bonds. The lowest BCUT2D eigenvalue weighted by molar-refractivity contribution is -0.122. The van der Waals surface area contributed by atoms with Crippen molar-refractivity contribution in [3.05, 3.63) is 0 Å². The molecular weight excluding hydrogens is 266 g/mol. The maximum absolute atomic E-state index is 11.7. The quantitative estimate of drug-likeness (QED) is 0.731. The van der Waals surface area contributed by atoms with Gasteiger partial charge in [0, 0.05) is 32.7 Å². The van der Waals surface area contributed by atoms with Crippen molar-refractivity contribution in [1.29, 1.82) is 0 Å². The van der Waals surface area contributed by atoms with Crippen LogP contribution in [0.3, 0.4) is 0 Å². The Labute approximate surface area is 116 Å². The van der Waals surface area contributed by atoms with E-state index in [9.17, 15) is 13.2 Å². The Morgan fingerprint density at radius 3 is 2.26 bits per heavy atom. The summed E-state index contributed by atoms with van der Waals surface area (Å²) in [4.78, 5) is 13.7. The summed E-state index contributed by atoms with van der Waals surface area (Å²) in [5.41, 5.74) is 0. The third kappa shape index (κ3) is 6.35. The predicted molar refractivity (Wildman–Crippen MR) is 75.3 cm³/mol. The second-order valence-electron chi connectivity index (χ2n) is 5.47. The summed E-state index contributed by atoms with van der Waals surface area (Å²) < 4.78 is 24.2. The molecular formula is C12H25N3O3S. The molecule has 0 aromatic carbocycles. The van der Waals surface area contributed by atoms with Crippen molar-refractivity contribution in [2.75, 3.05) is 45.5 Å². The largest absolute Gasteiger partial charge is 0.355 e. The first kappa shape index (κ1) is 16.4. The minimum Gasteiger partial charge on any atom is -0.355 e. The van der Waals surface area contributed by atoms with Crippen molar-refractivity contribution in [2.24, 2.45) is 5.92 Å². The number of carbonyl (C=O) groups excluding carboxylic acids is 1. The number of nitrogens with one attached hydrogen (secondary N) is 1. The van der Waals surface area contributed by atoms with E-state index >= 15 is 0 Å². The monoisotopic (exact) mass is 291 g/mol. The molecule has 0 spiro atoms.